The highest BCUT2D eigenvalue weighted by molar-refractivity contribution is 7.26. The van der Waals surface area contributed by atoms with Crippen LogP contribution in [0.1, 0.15) is 0 Å². The molecule has 3 nitrogen and oxygen atoms in total. The van der Waals surface area contributed by atoms with Gasteiger partial charge in [-0.05, 0) is 65.7 Å². The average Bonchev–Trinajstić information content (AvgIpc) is 3.90. The number of hydrogen-bond acceptors (Lipinski definition) is 4. The minimum absolute atomic E-state index is 0.855. The zero-order valence-electron chi connectivity index (χ0n) is 27.9. The molecule has 0 aliphatic rings. The lowest BCUT2D eigenvalue weighted by Gasteiger charge is -2.26. The average molecular weight is 684 g/mol. The van der Waals surface area contributed by atoms with Gasteiger partial charge in [-0.15, -0.1) is 11.3 Å². The third-order valence-electron chi connectivity index (χ3n) is 10.3. The minimum Gasteiger partial charge on any atom is -0.456 e. The van der Waals surface area contributed by atoms with Gasteiger partial charge < -0.3 is 13.7 Å². The monoisotopic (exact) mass is 683 g/mol. The normalized spacial score (nSPS) is 11.8. The van der Waals surface area contributed by atoms with E-state index < -0.39 is 0 Å². The van der Waals surface area contributed by atoms with Gasteiger partial charge in [-0.1, -0.05) is 115 Å². The summed E-state index contributed by atoms with van der Waals surface area (Å²) in [5.41, 5.74) is 11.2. The maximum atomic E-state index is 6.89. The Morgan fingerprint density at radius 2 is 1.02 bits per heavy atom. The number of anilines is 3. The topological polar surface area (TPSA) is 29.5 Å². The van der Waals surface area contributed by atoms with Crippen LogP contribution < -0.4 is 4.90 Å². The molecule has 0 radical (unpaired) electrons. The molecule has 8 aromatic carbocycles. The Balaban J connectivity index is 1.17. The van der Waals surface area contributed by atoms with E-state index in [1.165, 1.54) is 31.3 Å². The molecule has 0 saturated heterocycles. The van der Waals surface area contributed by atoms with Crippen LogP contribution in [-0.4, -0.2) is 0 Å². The van der Waals surface area contributed by atoms with Gasteiger partial charge in [0.2, 0.25) is 0 Å². The predicted molar refractivity (Wildman–Crippen MR) is 219 cm³/mol. The number of fused-ring (bicyclic) bond motifs is 9. The van der Waals surface area contributed by atoms with Crippen LogP contribution in [0.3, 0.4) is 0 Å². The first-order valence-corrected chi connectivity index (χ1v) is 18.3. The fourth-order valence-corrected chi connectivity index (χ4v) is 9.21. The SMILES string of the molecule is c1ccc(N(c2ccc3c(c2)oc2ccccc23)c2ccc(-c3ccccc3-c3cccc4c3sc3ccccc34)c3oc4ccccc4c23)cc1. The van der Waals surface area contributed by atoms with Crippen molar-refractivity contribution in [3.8, 4) is 22.3 Å². The maximum absolute atomic E-state index is 6.89. The standard InChI is InChI=1S/C48H29NO2S/c1-2-13-30(14-3-1)49(31-25-26-35-34-17-6-9-22-42(34)50-44(35)29-31)41-28-27-37(47-46(41)40-19-7-10-23-43(40)51-47)32-15-4-5-16-33(32)38-20-12-21-39-36-18-8-11-24-45(36)52-48(38)39/h1-29H. The Kier molecular flexibility index (Phi) is 6.42. The van der Waals surface area contributed by atoms with E-state index in [2.05, 4.69) is 163 Å². The molecule has 4 heteroatoms. The van der Waals surface area contributed by atoms with Gasteiger partial charge in [-0.2, -0.15) is 0 Å². The van der Waals surface area contributed by atoms with Crippen molar-refractivity contribution in [2.45, 2.75) is 0 Å². The van der Waals surface area contributed by atoms with Crippen molar-refractivity contribution in [3.63, 3.8) is 0 Å². The molecule has 0 N–H and O–H groups in total. The molecule has 0 fully saturated rings. The molecule has 11 rings (SSSR count). The van der Waals surface area contributed by atoms with Crippen LogP contribution in [0.25, 0.3) is 86.3 Å². The Morgan fingerprint density at radius 1 is 0.385 bits per heavy atom. The van der Waals surface area contributed by atoms with Gasteiger partial charge in [0.15, 0.2) is 0 Å². The van der Waals surface area contributed by atoms with E-state index in [1.807, 2.05) is 29.5 Å². The van der Waals surface area contributed by atoms with Crippen LogP contribution in [-0.2, 0) is 0 Å². The van der Waals surface area contributed by atoms with E-state index in [9.17, 15) is 0 Å². The molecule has 0 unspecified atom stereocenters. The van der Waals surface area contributed by atoms with Crippen molar-refractivity contribution >= 4 is 92.4 Å². The van der Waals surface area contributed by atoms with E-state index in [4.69, 9.17) is 8.83 Å². The van der Waals surface area contributed by atoms with Gasteiger partial charge in [-0.25, -0.2) is 0 Å². The molecule has 11 aromatic rings. The Labute approximate surface area is 303 Å². The summed E-state index contributed by atoms with van der Waals surface area (Å²) in [5, 5.41) is 6.95. The first-order valence-electron chi connectivity index (χ1n) is 17.5. The highest BCUT2D eigenvalue weighted by Gasteiger charge is 2.24. The number of benzene rings is 8. The second kappa shape index (κ2) is 11.5. The lowest BCUT2D eigenvalue weighted by atomic mass is 9.92. The summed E-state index contributed by atoms with van der Waals surface area (Å²) in [6.45, 7) is 0. The van der Waals surface area contributed by atoms with E-state index in [0.717, 1.165) is 72.1 Å². The van der Waals surface area contributed by atoms with Crippen molar-refractivity contribution in [2.24, 2.45) is 0 Å². The Hall–Kier alpha value is -6.62. The van der Waals surface area contributed by atoms with Gasteiger partial charge in [0.05, 0.1) is 11.1 Å². The largest absolute Gasteiger partial charge is 0.456 e. The van der Waals surface area contributed by atoms with Crippen LogP contribution >= 0.6 is 11.3 Å². The molecule has 3 heterocycles. The van der Waals surface area contributed by atoms with Crippen LogP contribution in [0.2, 0.25) is 0 Å². The molecule has 3 aromatic heterocycles. The fourth-order valence-electron chi connectivity index (χ4n) is 7.98. The summed E-state index contributed by atoms with van der Waals surface area (Å²) in [6, 6.07) is 62.3. The first-order chi connectivity index (χ1) is 25.8. The molecule has 0 bridgehead atoms. The summed E-state index contributed by atoms with van der Waals surface area (Å²) in [6.07, 6.45) is 0. The number of rotatable bonds is 5. The van der Waals surface area contributed by atoms with Gasteiger partial charge in [0, 0.05) is 64.9 Å². The van der Waals surface area contributed by atoms with E-state index in [1.54, 1.807) is 0 Å². The van der Waals surface area contributed by atoms with Crippen LogP contribution in [0.5, 0.6) is 0 Å². The van der Waals surface area contributed by atoms with E-state index in [0.29, 0.717) is 0 Å². The maximum Gasteiger partial charge on any atom is 0.145 e. The third-order valence-corrected chi connectivity index (χ3v) is 11.5. The predicted octanol–water partition coefficient (Wildman–Crippen LogP) is 14.7. The van der Waals surface area contributed by atoms with Gasteiger partial charge in [0.25, 0.3) is 0 Å². The van der Waals surface area contributed by atoms with Crippen molar-refractivity contribution < 1.29 is 8.83 Å². The zero-order chi connectivity index (χ0) is 34.2. The van der Waals surface area contributed by atoms with Crippen LogP contribution in [0.4, 0.5) is 17.1 Å². The summed E-state index contributed by atoms with van der Waals surface area (Å²) in [7, 11) is 0. The molecule has 0 saturated carbocycles. The van der Waals surface area contributed by atoms with Crippen molar-refractivity contribution in [1.82, 2.24) is 0 Å². The van der Waals surface area contributed by atoms with Crippen LogP contribution in [0, 0.1) is 0 Å². The number of thiophene rings is 1. The molecule has 0 aliphatic heterocycles. The van der Waals surface area contributed by atoms with E-state index >= 15 is 0 Å². The van der Waals surface area contributed by atoms with Crippen molar-refractivity contribution in [2.75, 3.05) is 4.90 Å². The Morgan fingerprint density at radius 3 is 1.87 bits per heavy atom. The molecular weight excluding hydrogens is 655 g/mol. The number of nitrogens with zero attached hydrogens (tertiary/aromatic N) is 1. The molecular formula is C48H29NO2S. The molecule has 244 valence electrons. The number of hydrogen-bond donors (Lipinski definition) is 0. The Bertz CT molecular complexity index is 3150. The molecule has 0 spiro atoms. The highest BCUT2D eigenvalue weighted by atomic mass is 32.1. The zero-order valence-corrected chi connectivity index (χ0v) is 28.7. The lowest BCUT2D eigenvalue weighted by Crippen LogP contribution is -2.10. The van der Waals surface area contributed by atoms with Gasteiger partial charge in [-0.3, -0.25) is 0 Å². The van der Waals surface area contributed by atoms with Crippen molar-refractivity contribution in [1.29, 1.82) is 0 Å². The van der Waals surface area contributed by atoms with Gasteiger partial charge in [0.1, 0.15) is 22.3 Å². The number of furan rings is 2. The smallest absolute Gasteiger partial charge is 0.145 e. The summed E-state index contributed by atoms with van der Waals surface area (Å²) in [5.74, 6) is 0. The first kappa shape index (κ1) is 29.1. The summed E-state index contributed by atoms with van der Waals surface area (Å²) < 4.78 is 15.9. The quantitative estimate of drug-likeness (QED) is 0.181. The van der Waals surface area contributed by atoms with E-state index in [-0.39, 0.29) is 0 Å². The summed E-state index contributed by atoms with van der Waals surface area (Å²) >= 11 is 1.86. The van der Waals surface area contributed by atoms with Crippen molar-refractivity contribution in [3.05, 3.63) is 176 Å². The second-order valence-corrected chi connectivity index (χ2v) is 14.3. The molecule has 0 aliphatic carbocycles. The summed E-state index contributed by atoms with van der Waals surface area (Å²) in [4.78, 5) is 2.32. The van der Waals surface area contributed by atoms with Crippen LogP contribution in [0.15, 0.2) is 185 Å². The lowest BCUT2D eigenvalue weighted by molar-refractivity contribution is 0.669. The fraction of sp³-hybridized carbons (Fsp3) is 0. The number of para-hydroxylation sites is 3. The minimum atomic E-state index is 0.855. The molecule has 0 amide bonds. The third kappa shape index (κ3) is 4.38. The van der Waals surface area contributed by atoms with Gasteiger partial charge >= 0.3 is 0 Å². The second-order valence-electron chi connectivity index (χ2n) is 13.2. The molecule has 0 atom stereocenters. The molecule has 52 heavy (non-hydrogen) atoms. The highest BCUT2D eigenvalue weighted by Crippen LogP contribution is 2.49.